The van der Waals surface area contributed by atoms with Crippen molar-refractivity contribution in [1.82, 2.24) is 0 Å². The summed E-state index contributed by atoms with van der Waals surface area (Å²) < 4.78 is 0. The molecule has 83 valence electrons. The fraction of sp³-hybridized carbons (Fsp3) is 0.786. The van der Waals surface area contributed by atoms with Gasteiger partial charge in [-0.3, -0.25) is 0 Å². The smallest absolute Gasteiger partial charge is 0.0140 e. The second-order valence-electron chi connectivity index (χ2n) is 4.07. The van der Waals surface area contributed by atoms with Crippen LogP contribution in [0.4, 0.5) is 0 Å². The molecular weight excluding hydrogens is 168 g/mol. The molecular formula is C14H27. The van der Waals surface area contributed by atoms with Gasteiger partial charge in [-0.1, -0.05) is 65.0 Å². The van der Waals surface area contributed by atoms with Crippen molar-refractivity contribution in [2.24, 2.45) is 5.92 Å². The average molecular weight is 195 g/mol. The van der Waals surface area contributed by atoms with Gasteiger partial charge in [0.2, 0.25) is 0 Å². The Kier molecular flexibility index (Phi) is 10.6. The summed E-state index contributed by atoms with van der Waals surface area (Å²) in [5.41, 5.74) is 0. The lowest BCUT2D eigenvalue weighted by Crippen LogP contribution is -1.99. The Morgan fingerprint density at radius 3 is 2.29 bits per heavy atom. The molecule has 14 heavy (non-hydrogen) atoms. The molecule has 0 spiro atoms. The molecule has 0 nitrogen and oxygen atoms in total. The first kappa shape index (κ1) is 13.7. The highest BCUT2D eigenvalue weighted by molar-refractivity contribution is 4.97. The molecule has 1 unspecified atom stereocenters. The zero-order valence-electron chi connectivity index (χ0n) is 10.3. The van der Waals surface area contributed by atoms with Gasteiger partial charge in [-0.15, -0.1) is 0 Å². The minimum Gasteiger partial charge on any atom is -0.0885 e. The molecule has 0 amide bonds. The van der Waals surface area contributed by atoms with E-state index in [9.17, 15) is 0 Å². The molecule has 0 aromatic heterocycles. The maximum Gasteiger partial charge on any atom is -0.0140 e. The normalized spacial score (nSPS) is 13.6. The number of unbranched alkanes of at least 4 members (excludes halogenated alkanes) is 2. The molecule has 1 atom stereocenters. The molecule has 0 saturated carbocycles. The van der Waals surface area contributed by atoms with Gasteiger partial charge in [-0.25, -0.2) is 0 Å². The molecule has 0 saturated heterocycles. The summed E-state index contributed by atoms with van der Waals surface area (Å²) in [6, 6.07) is 0. The van der Waals surface area contributed by atoms with Crippen molar-refractivity contribution in [3.8, 4) is 0 Å². The standard InChI is InChI=1S/C14H27/c1-4-7-9-12-14(11-6-3)13-10-8-5-2/h7,9,12,14H,4-6,8,10-11,13H2,1-3H3. The molecule has 0 aromatic rings. The third kappa shape index (κ3) is 8.34. The highest BCUT2D eigenvalue weighted by Crippen LogP contribution is 2.18. The number of allylic oxidation sites excluding steroid dienone is 2. The minimum atomic E-state index is 0.828. The van der Waals surface area contributed by atoms with Crippen LogP contribution >= 0.6 is 0 Å². The fourth-order valence-corrected chi connectivity index (χ4v) is 1.74. The van der Waals surface area contributed by atoms with E-state index in [4.69, 9.17) is 0 Å². The van der Waals surface area contributed by atoms with E-state index >= 15 is 0 Å². The molecule has 0 fully saturated rings. The van der Waals surface area contributed by atoms with Gasteiger partial charge in [0.1, 0.15) is 0 Å². The van der Waals surface area contributed by atoms with Crippen LogP contribution in [0.2, 0.25) is 0 Å². The van der Waals surface area contributed by atoms with Gasteiger partial charge in [0, 0.05) is 0 Å². The Morgan fingerprint density at radius 2 is 1.71 bits per heavy atom. The maximum atomic E-state index is 2.41. The van der Waals surface area contributed by atoms with E-state index in [1.54, 1.807) is 0 Å². The molecule has 0 aromatic carbocycles. The summed E-state index contributed by atoms with van der Waals surface area (Å²) in [6.45, 7) is 6.75. The van der Waals surface area contributed by atoms with Crippen molar-refractivity contribution in [3.05, 3.63) is 18.6 Å². The summed E-state index contributed by atoms with van der Waals surface area (Å²) in [7, 11) is 0. The Balaban J connectivity index is 3.59. The summed E-state index contributed by atoms with van der Waals surface area (Å²) in [5, 5.41) is 0. The van der Waals surface area contributed by atoms with Gasteiger partial charge in [-0.05, 0) is 25.2 Å². The topological polar surface area (TPSA) is 0 Å². The number of rotatable bonds is 9. The molecule has 0 heteroatoms. The lowest BCUT2D eigenvalue weighted by molar-refractivity contribution is 0.483. The quantitative estimate of drug-likeness (QED) is 0.446. The van der Waals surface area contributed by atoms with E-state index in [-0.39, 0.29) is 0 Å². The minimum absolute atomic E-state index is 0.828. The van der Waals surface area contributed by atoms with E-state index in [1.807, 2.05) is 0 Å². The monoisotopic (exact) mass is 195 g/mol. The van der Waals surface area contributed by atoms with Gasteiger partial charge in [-0.2, -0.15) is 0 Å². The maximum absolute atomic E-state index is 2.41. The average Bonchev–Trinajstić information content (AvgIpc) is 2.18. The summed E-state index contributed by atoms with van der Waals surface area (Å²) >= 11 is 0. The zero-order valence-corrected chi connectivity index (χ0v) is 10.3. The second-order valence-corrected chi connectivity index (χ2v) is 4.07. The lowest BCUT2D eigenvalue weighted by Gasteiger charge is -2.12. The number of hydrogen-bond acceptors (Lipinski definition) is 0. The highest BCUT2D eigenvalue weighted by atomic mass is 14.1. The van der Waals surface area contributed by atoms with Gasteiger partial charge in [0.25, 0.3) is 0 Å². The Hall–Kier alpha value is -0.260. The first-order valence-electron chi connectivity index (χ1n) is 6.35. The van der Waals surface area contributed by atoms with E-state index in [0.29, 0.717) is 0 Å². The van der Waals surface area contributed by atoms with Crippen LogP contribution < -0.4 is 0 Å². The fourth-order valence-electron chi connectivity index (χ4n) is 1.74. The predicted octanol–water partition coefficient (Wildman–Crippen LogP) is 5.15. The van der Waals surface area contributed by atoms with Crippen molar-refractivity contribution >= 4 is 0 Å². The molecule has 0 rings (SSSR count). The highest BCUT2D eigenvalue weighted by Gasteiger charge is 2.05. The number of hydrogen-bond donors (Lipinski definition) is 0. The van der Waals surface area contributed by atoms with Crippen molar-refractivity contribution in [1.29, 1.82) is 0 Å². The molecule has 1 radical (unpaired) electrons. The summed E-state index contributed by atoms with van der Waals surface area (Å²) in [4.78, 5) is 0. The molecule has 0 N–H and O–H groups in total. The van der Waals surface area contributed by atoms with Crippen molar-refractivity contribution in [2.45, 2.75) is 65.7 Å². The SMILES string of the molecule is CCC=C[CH]C(CCC)CCCCC. The van der Waals surface area contributed by atoms with E-state index in [1.165, 1.54) is 38.5 Å². The third-order valence-electron chi connectivity index (χ3n) is 2.59. The first-order chi connectivity index (χ1) is 6.85. The lowest BCUT2D eigenvalue weighted by atomic mass is 9.93. The van der Waals surface area contributed by atoms with Crippen LogP contribution in [0.5, 0.6) is 0 Å². The van der Waals surface area contributed by atoms with Gasteiger partial charge in [0.15, 0.2) is 0 Å². The van der Waals surface area contributed by atoms with E-state index in [2.05, 4.69) is 39.3 Å². The van der Waals surface area contributed by atoms with Crippen LogP contribution in [0.25, 0.3) is 0 Å². The van der Waals surface area contributed by atoms with Gasteiger partial charge < -0.3 is 0 Å². The molecule has 0 aliphatic rings. The summed E-state index contributed by atoms with van der Waals surface area (Å²) in [6.07, 6.45) is 16.3. The predicted molar refractivity (Wildman–Crippen MR) is 66.3 cm³/mol. The second kappa shape index (κ2) is 10.8. The van der Waals surface area contributed by atoms with Crippen LogP contribution in [0.1, 0.15) is 65.7 Å². The Labute approximate surface area is 90.8 Å². The van der Waals surface area contributed by atoms with Gasteiger partial charge >= 0.3 is 0 Å². The van der Waals surface area contributed by atoms with Crippen molar-refractivity contribution in [2.75, 3.05) is 0 Å². The van der Waals surface area contributed by atoms with Crippen LogP contribution in [-0.2, 0) is 0 Å². The molecule has 0 aliphatic heterocycles. The van der Waals surface area contributed by atoms with Crippen LogP contribution in [0, 0.1) is 12.3 Å². The molecule has 0 heterocycles. The summed E-state index contributed by atoms with van der Waals surface area (Å²) in [5.74, 6) is 0.828. The van der Waals surface area contributed by atoms with E-state index < -0.39 is 0 Å². The molecule has 0 bridgehead atoms. The third-order valence-corrected chi connectivity index (χ3v) is 2.59. The Bertz CT molecular complexity index is 124. The Morgan fingerprint density at radius 1 is 0.929 bits per heavy atom. The zero-order chi connectivity index (χ0) is 10.6. The van der Waals surface area contributed by atoms with Crippen molar-refractivity contribution < 1.29 is 0 Å². The van der Waals surface area contributed by atoms with E-state index in [0.717, 1.165) is 12.3 Å². The van der Waals surface area contributed by atoms with Gasteiger partial charge in [0.05, 0.1) is 0 Å². The van der Waals surface area contributed by atoms with Crippen molar-refractivity contribution in [3.63, 3.8) is 0 Å². The largest absolute Gasteiger partial charge is 0.0885 e. The van der Waals surface area contributed by atoms with Crippen LogP contribution in [0.15, 0.2) is 12.2 Å². The van der Waals surface area contributed by atoms with Crippen LogP contribution in [0.3, 0.4) is 0 Å². The first-order valence-corrected chi connectivity index (χ1v) is 6.35. The molecule has 0 aliphatic carbocycles. The van der Waals surface area contributed by atoms with Crippen LogP contribution in [-0.4, -0.2) is 0 Å².